The second-order valence-corrected chi connectivity index (χ2v) is 6.48. The van der Waals surface area contributed by atoms with Gasteiger partial charge in [0.15, 0.2) is 0 Å². The van der Waals surface area contributed by atoms with Crippen molar-refractivity contribution in [2.45, 2.75) is 20.8 Å². The highest BCUT2D eigenvalue weighted by Crippen LogP contribution is 2.33. The Morgan fingerprint density at radius 2 is 1.28 bits per heavy atom. The van der Waals surface area contributed by atoms with Gasteiger partial charge in [0.25, 0.3) is 0 Å². The molecule has 6 nitrogen and oxygen atoms in total. The van der Waals surface area contributed by atoms with Crippen molar-refractivity contribution in [2.75, 3.05) is 22.9 Å². The Hall–Kier alpha value is -3.54. The predicted molar refractivity (Wildman–Crippen MR) is 116 cm³/mol. The monoisotopic (exact) mass is 390 g/mol. The van der Waals surface area contributed by atoms with Crippen LogP contribution < -0.4 is 9.80 Å². The second kappa shape index (κ2) is 8.65. The van der Waals surface area contributed by atoms with Crippen LogP contribution in [-0.2, 0) is 0 Å². The first kappa shape index (κ1) is 20.2. The van der Waals surface area contributed by atoms with Crippen LogP contribution in [0.1, 0.15) is 20.8 Å². The van der Waals surface area contributed by atoms with E-state index < -0.39 is 12.1 Å². The lowest BCUT2D eigenvalue weighted by Crippen LogP contribution is -2.61. The van der Waals surface area contributed by atoms with Gasteiger partial charge in [-0.05, 0) is 51.1 Å². The minimum Gasteiger partial charge on any atom is -0.358 e. The fourth-order valence-corrected chi connectivity index (χ4v) is 3.47. The number of benzene rings is 2. The summed E-state index contributed by atoms with van der Waals surface area (Å²) in [6, 6.07) is 17.6. The number of anilines is 2. The van der Waals surface area contributed by atoms with Crippen molar-refractivity contribution in [3.05, 3.63) is 85.0 Å². The van der Waals surface area contributed by atoms with E-state index in [-0.39, 0.29) is 0 Å². The third-order valence-corrected chi connectivity index (χ3v) is 4.88. The van der Waals surface area contributed by atoms with Crippen LogP contribution in [0.2, 0.25) is 0 Å². The molecular formula is C23H26N4O2. The largest absolute Gasteiger partial charge is 0.358 e. The van der Waals surface area contributed by atoms with Crippen LogP contribution in [0.15, 0.2) is 85.0 Å². The molecule has 1 aliphatic heterocycles. The molecule has 29 heavy (non-hydrogen) atoms. The van der Waals surface area contributed by atoms with Crippen molar-refractivity contribution in [1.82, 2.24) is 9.80 Å². The first-order chi connectivity index (χ1) is 14.0. The number of urea groups is 2. The number of rotatable bonds is 6. The van der Waals surface area contributed by atoms with Gasteiger partial charge in [0.05, 0.1) is 11.4 Å². The summed E-state index contributed by atoms with van der Waals surface area (Å²) in [5, 5.41) is 0. The van der Waals surface area contributed by atoms with Crippen molar-refractivity contribution in [1.29, 1.82) is 0 Å². The van der Waals surface area contributed by atoms with E-state index in [4.69, 9.17) is 0 Å². The maximum atomic E-state index is 13.5. The molecule has 6 heteroatoms. The van der Waals surface area contributed by atoms with Gasteiger partial charge in [-0.2, -0.15) is 4.90 Å². The lowest BCUT2D eigenvalue weighted by molar-refractivity contribution is 0.183. The molecule has 0 aliphatic carbocycles. The summed E-state index contributed by atoms with van der Waals surface area (Å²) >= 11 is 0. The fourth-order valence-electron chi connectivity index (χ4n) is 3.47. The third-order valence-electron chi connectivity index (χ3n) is 4.88. The Morgan fingerprint density at radius 3 is 1.62 bits per heavy atom. The van der Waals surface area contributed by atoms with Gasteiger partial charge >= 0.3 is 12.1 Å². The number of carbonyl (C=O) groups is 2. The van der Waals surface area contributed by atoms with E-state index in [1.165, 1.54) is 14.7 Å². The van der Waals surface area contributed by atoms with Crippen molar-refractivity contribution in [2.24, 2.45) is 0 Å². The molecule has 4 amide bonds. The topological polar surface area (TPSA) is 47.1 Å². The van der Waals surface area contributed by atoms with E-state index >= 15 is 0 Å². The molecule has 0 unspecified atom stereocenters. The smallest absolute Gasteiger partial charge is 0.344 e. The number of nitrogens with zero attached hydrogens (tertiary/aromatic N) is 4. The van der Waals surface area contributed by atoms with Crippen molar-refractivity contribution < 1.29 is 9.59 Å². The average molecular weight is 390 g/mol. The number of amides is 4. The van der Waals surface area contributed by atoms with E-state index in [0.29, 0.717) is 36.1 Å². The minimum absolute atomic E-state index is 0.295. The van der Waals surface area contributed by atoms with Gasteiger partial charge in [-0.15, -0.1) is 0 Å². The molecule has 2 aromatic carbocycles. The van der Waals surface area contributed by atoms with Crippen LogP contribution in [0.3, 0.4) is 0 Å². The zero-order valence-electron chi connectivity index (χ0n) is 17.1. The molecule has 1 heterocycles. The van der Waals surface area contributed by atoms with Gasteiger partial charge < -0.3 is 4.90 Å². The Balaban J connectivity index is 2.16. The summed E-state index contributed by atoms with van der Waals surface area (Å²) in [4.78, 5) is 33.2. The van der Waals surface area contributed by atoms with E-state index in [2.05, 4.69) is 6.58 Å². The number of imide groups is 1. The summed E-state index contributed by atoms with van der Waals surface area (Å²) in [6.07, 6.45) is 1.79. The summed E-state index contributed by atoms with van der Waals surface area (Å²) in [5.74, 6) is 0.850. The summed E-state index contributed by atoms with van der Waals surface area (Å²) < 4.78 is 0. The number of hydrogen-bond acceptors (Lipinski definition) is 3. The van der Waals surface area contributed by atoms with Crippen LogP contribution in [0, 0.1) is 0 Å². The highest BCUT2D eigenvalue weighted by molar-refractivity contribution is 6.16. The van der Waals surface area contributed by atoms with E-state index in [0.717, 1.165) is 0 Å². The molecule has 0 aromatic heterocycles. The molecule has 0 spiro atoms. The zero-order valence-corrected chi connectivity index (χ0v) is 17.1. The lowest BCUT2D eigenvalue weighted by Gasteiger charge is -2.44. The van der Waals surface area contributed by atoms with Gasteiger partial charge in [-0.3, -0.25) is 0 Å². The number of para-hydroxylation sites is 2. The van der Waals surface area contributed by atoms with Crippen LogP contribution >= 0.6 is 0 Å². The van der Waals surface area contributed by atoms with Crippen LogP contribution in [0.5, 0.6) is 0 Å². The van der Waals surface area contributed by atoms with E-state index in [1.807, 2.05) is 86.3 Å². The highest BCUT2D eigenvalue weighted by Gasteiger charge is 2.44. The third kappa shape index (κ3) is 3.61. The minimum atomic E-state index is -0.446. The Kier molecular flexibility index (Phi) is 6.02. The molecule has 1 saturated heterocycles. The number of allylic oxidation sites excluding steroid dienone is 1. The Morgan fingerprint density at radius 1 is 0.862 bits per heavy atom. The molecule has 0 bridgehead atoms. The van der Waals surface area contributed by atoms with Gasteiger partial charge in [0.2, 0.25) is 0 Å². The highest BCUT2D eigenvalue weighted by atomic mass is 16.2. The molecule has 0 radical (unpaired) electrons. The predicted octanol–water partition coefficient (Wildman–Crippen LogP) is 5.23. The summed E-state index contributed by atoms with van der Waals surface area (Å²) in [5.41, 5.74) is 1.30. The molecule has 150 valence electrons. The second-order valence-electron chi connectivity index (χ2n) is 6.48. The van der Waals surface area contributed by atoms with Crippen LogP contribution in [-0.4, -0.2) is 35.0 Å². The maximum absolute atomic E-state index is 13.5. The molecule has 1 fully saturated rings. The molecular weight excluding hydrogens is 364 g/mol. The maximum Gasteiger partial charge on any atom is 0.344 e. The fraction of sp³-hybridized carbons (Fsp3) is 0.217. The molecule has 2 aromatic rings. The lowest BCUT2D eigenvalue weighted by atomic mass is 10.2. The summed E-state index contributed by atoms with van der Waals surface area (Å²) in [6.45, 7) is 11.2. The number of hydrogen-bond donors (Lipinski definition) is 0. The summed E-state index contributed by atoms with van der Waals surface area (Å²) in [7, 11) is 0. The Labute approximate surface area is 171 Å². The Bertz CT molecular complexity index is 859. The van der Waals surface area contributed by atoms with E-state index in [1.54, 1.807) is 6.08 Å². The molecule has 0 atom stereocenters. The van der Waals surface area contributed by atoms with Gasteiger partial charge in [0, 0.05) is 13.1 Å². The molecule has 0 saturated carbocycles. The first-order valence-corrected chi connectivity index (χ1v) is 9.73. The van der Waals surface area contributed by atoms with Gasteiger partial charge in [0.1, 0.15) is 11.6 Å². The average Bonchev–Trinajstić information content (AvgIpc) is 2.75. The van der Waals surface area contributed by atoms with Crippen LogP contribution in [0.25, 0.3) is 0 Å². The normalized spacial score (nSPS) is 15.2. The van der Waals surface area contributed by atoms with Crippen molar-refractivity contribution >= 4 is 23.4 Å². The van der Waals surface area contributed by atoms with Crippen LogP contribution in [0.4, 0.5) is 21.0 Å². The first-order valence-electron chi connectivity index (χ1n) is 9.73. The molecule has 3 rings (SSSR count). The quantitative estimate of drug-likeness (QED) is 0.678. The number of carbonyl (C=O) groups excluding carboxylic acids is 2. The van der Waals surface area contributed by atoms with Crippen molar-refractivity contribution in [3.63, 3.8) is 0 Å². The van der Waals surface area contributed by atoms with Crippen molar-refractivity contribution in [3.8, 4) is 0 Å². The molecule has 1 aliphatic rings. The molecule has 0 N–H and O–H groups in total. The van der Waals surface area contributed by atoms with Gasteiger partial charge in [-0.1, -0.05) is 43.0 Å². The van der Waals surface area contributed by atoms with Gasteiger partial charge in [-0.25, -0.2) is 19.4 Å². The zero-order chi connectivity index (χ0) is 21.0. The SMILES string of the molecule is C=C1N(c2ccccc2)C(=O)N(/C(=C/C)N(CC)CC)C(=O)N1c1ccccc1. The standard InChI is InChI=1S/C23H26N4O2/c1-5-21(24(6-2)7-3)27-22(28)25(19-14-10-8-11-15-19)18(4)26(23(27)29)20-16-12-9-13-17-20/h5,8-17H,4,6-7H2,1-3H3/b21-5+. The van der Waals surface area contributed by atoms with E-state index in [9.17, 15) is 9.59 Å².